The van der Waals surface area contributed by atoms with E-state index in [0.717, 1.165) is 0 Å². The van der Waals surface area contributed by atoms with E-state index in [1.807, 2.05) is 0 Å². The first-order valence-electron chi connectivity index (χ1n) is 13.8. The standard InChI is InChI=1S/C29H34O16/c1-10-19(32)22(35)24(37)28(42-10)41-9-17-20(33)23(36)25(38)29(44-17)45-27-21(34)18-14(31)7-12(39-2)8-16(18)43-26(27)11-4-5-15(40-3)13(30)6-11/h4-8,10,17,19-20,22-25,28-33,35-38H,9H2,1-3H3/t10-,17-,19-,20-,22-,23-,24+,25-,28+,29-/m0/s1. The highest BCUT2D eigenvalue weighted by Crippen LogP contribution is 2.40. The van der Waals surface area contributed by atoms with Crippen LogP contribution in [-0.2, 0) is 14.2 Å². The predicted molar refractivity (Wildman–Crippen MR) is 150 cm³/mol. The summed E-state index contributed by atoms with van der Waals surface area (Å²) in [6.45, 7) is 0.864. The molecule has 45 heavy (non-hydrogen) atoms. The van der Waals surface area contributed by atoms with E-state index in [4.69, 9.17) is 32.8 Å². The Hall–Kier alpha value is -3.71. The molecule has 0 aliphatic carbocycles. The summed E-state index contributed by atoms with van der Waals surface area (Å²) in [4.78, 5) is 13.8. The lowest BCUT2D eigenvalue weighted by Crippen LogP contribution is -2.61. The second-order valence-corrected chi connectivity index (χ2v) is 10.6. The summed E-state index contributed by atoms with van der Waals surface area (Å²) in [6, 6.07) is 6.54. The van der Waals surface area contributed by atoms with Crippen LogP contribution in [0.5, 0.6) is 28.7 Å². The van der Waals surface area contributed by atoms with Gasteiger partial charge in [-0.15, -0.1) is 0 Å². The van der Waals surface area contributed by atoms with Gasteiger partial charge in [-0.3, -0.25) is 4.79 Å². The van der Waals surface area contributed by atoms with Crippen LogP contribution in [0.4, 0.5) is 0 Å². The van der Waals surface area contributed by atoms with Crippen molar-refractivity contribution in [2.45, 2.75) is 68.3 Å². The molecule has 246 valence electrons. The van der Waals surface area contributed by atoms with Crippen LogP contribution in [0.25, 0.3) is 22.3 Å². The topological polar surface area (TPSA) is 247 Å². The molecule has 1 aromatic heterocycles. The van der Waals surface area contributed by atoms with Crippen LogP contribution in [-0.4, -0.2) is 123 Å². The molecule has 0 saturated carbocycles. The van der Waals surface area contributed by atoms with Crippen molar-refractivity contribution in [1.29, 1.82) is 0 Å². The zero-order valence-corrected chi connectivity index (χ0v) is 24.2. The Balaban J connectivity index is 1.50. The number of phenols is 2. The van der Waals surface area contributed by atoms with Gasteiger partial charge in [-0.25, -0.2) is 0 Å². The van der Waals surface area contributed by atoms with Crippen LogP contribution < -0.4 is 19.6 Å². The molecular weight excluding hydrogens is 604 g/mol. The van der Waals surface area contributed by atoms with Gasteiger partial charge in [0.05, 0.1) is 26.9 Å². The lowest BCUT2D eigenvalue weighted by Gasteiger charge is -2.42. The second-order valence-electron chi connectivity index (χ2n) is 10.6. The third-order valence-electron chi connectivity index (χ3n) is 7.72. The van der Waals surface area contributed by atoms with Gasteiger partial charge in [-0.1, -0.05) is 0 Å². The lowest BCUT2D eigenvalue weighted by atomic mass is 9.98. The zero-order valence-electron chi connectivity index (χ0n) is 24.2. The van der Waals surface area contributed by atoms with Crippen LogP contribution in [0.2, 0.25) is 0 Å². The number of hydrogen-bond donors (Lipinski definition) is 8. The summed E-state index contributed by atoms with van der Waals surface area (Å²) in [7, 11) is 2.68. The second kappa shape index (κ2) is 13.0. The van der Waals surface area contributed by atoms with Gasteiger partial charge in [0.2, 0.25) is 17.5 Å². The van der Waals surface area contributed by atoms with Crippen molar-refractivity contribution in [3.05, 3.63) is 40.6 Å². The Morgan fingerprint density at radius 3 is 2.13 bits per heavy atom. The van der Waals surface area contributed by atoms with E-state index in [-0.39, 0.29) is 39.5 Å². The Bertz CT molecular complexity index is 1570. The van der Waals surface area contributed by atoms with Crippen molar-refractivity contribution >= 4 is 11.0 Å². The van der Waals surface area contributed by atoms with Crippen LogP contribution in [0.1, 0.15) is 6.92 Å². The van der Waals surface area contributed by atoms with E-state index in [1.54, 1.807) is 0 Å². The zero-order chi connectivity index (χ0) is 32.7. The fraction of sp³-hybridized carbons (Fsp3) is 0.483. The summed E-state index contributed by atoms with van der Waals surface area (Å²) in [6.07, 6.45) is -15.9. The predicted octanol–water partition coefficient (Wildman–Crippen LogP) is -1.08. The number of methoxy groups -OCH3 is 2. The van der Waals surface area contributed by atoms with Gasteiger partial charge in [0, 0.05) is 17.7 Å². The number of ether oxygens (including phenoxy) is 6. The summed E-state index contributed by atoms with van der Waals surface area (Å²) >= 11 is 0. The molecule has 3 aromatic rings. The average Bonchev–Trinajstić information content (AvgIpc) is 3.02. The van der Waals surface area contributed by atoms with E-state index >= 15 is 0 Å². The van der Waals surface area contributed by atoms with Crippen LogP contribution in [0, 0.1) is 0 Å². The summed E-state index contributed by atoms with van der Waals surface area (Å²) < 4.78 is 38.5. The molecule has 0 spiro atoms. The maximum atomic E-state index is 13.8. The summed E-state index contributed by atoms with van der Waals surface area (Å²) in [5.74, 6) is -1.44. The third kappa shape index (κ3) is 6.11. The smallest absolute Gasteiger partial charge is 0.239 e. The van der Waals surface area contributed by atoms with Gasteiger partial charge in [-0.05, 0) is 25.1 Å². The van der Waals surface area contributed by atoms with E-state index in [0.29, 0.717) is 0 Å². The van der Waals surface area contributed by atoms with Gasteiger partial charge >= 0.3 is 0 Å². The van der Waals surface area contributed by atoms with Crippen molar-refractivity contribution in [1.82, 2.24) is 0 Å². The molecule has 10 atom stereocenters. The minimum absolute atomic E-state index is 0.105. The molecule has 2 aromatic carbocycles. The molecule has 2 saturated heterocycles. The first-order valence-corrected chi connectivity index (χ1v) is 13.8. The molecule has 16 heteroatoms. The van der Waals surface area contributed by atoms with Crippen molar-refractivity contribution in [2.75, 3.05) is 20.8 Å². The summed E-state index contributed by atoms with van der Waals surface area (Å²) in [5.41, 5.74) is -0.936. The first-order chi connectivity index (χ1) is 21.4. The largest absolute Gasteiger partial charge is 0.507 e. The average molecular weight is 639 g/mol. The number of aliphatic hydroxyl groups is 6. The number of benzene rings is 2. The van der Waals surface area contributed by atoms with E-state index in [1.165, 1.54) is 51.5 Å². The summed E-state index contributed by atoms with van der Waals surface area (Å²) in [5, 5.41) is 82.9. The molecule has 0 radical (unpaired) electrons. The molecule has 0 amide bonds. The maximum absolute atomic E-state index is 13.8. The fourth-order valence-electron chi connectivity index (χ4n) is 5.11. The molecule has 2 aliphatic heterocycles. The number of aromatic hydroxyl groups is 2. The van der Waals surface area contributed by atoms with Crippen LogP contribution >= 0.6 is 0 Å². The molecule has 3 heterocycles. The molecule has 16 nitrogen and oxygen atoms in total. The Labute approximate surface area is 254 Å². The van der Waals surface area contributed by atoms with E-state index in [9.17, 15) is 45.6 Å². The van der Waals surface area contributed by atoms with Crippen molar-refractivity contribution < 1.29 is 73.7 Å². The normalized spacial score (nSPS) is 31.9. The number of hydrogen-bond acceptors (Lipinski definition) is 16. The van der Waals surface area contributed by atoms with Crippen molar-refractivity contribution in [3.8, 4) is 40.1 Å². The monoisotopic (exact) mass is 638 g/mol. The highest BCUT2D eigenvalue weighted by Gasteiger charge is 2.47. The van der Waals surface area contributed by atoms with E-state index < -0.39 is 84.9 Å². The lowest BCUT2D eigenvalue weighted by molar-refractivity contribution is -0.318. The quantitative estimate of drug-likeness (QED) is 0.146. The number of rotatable bonds is 8. The van der Waals surface area contributed by atoms with Gasteiger partial charge in [-0.2, -0.15) is 0 Å². The maximum Gasteiger partial charge on any atom is 0.239 e. The van der Waals surface area contributed by atoms with Gasteiger partial charge < -0.3 is 73.7 Å². The van der Waals surface area contributed by atoms with Crippen molar-refractivity contribution in [3.63, 3.8) is 0 Å². The van der Waals surface area contributed by atoms with Crippen LogP contribution in [0.15, 0.2) is 39.5 Å². The Morgan fingerprint density at radius 1 is 0.778 bits per heavy atom. The molecule has 2 aliphatic rings. The third-order valence-corrected chi connectivity index (χ3v) is 7.72. The van der Waals surface area contributed by atoms with Gasteiger partial charge in [0.15, 0.2) is 23.5 Å². The highest BCUT2D eigenvalue weighted by molar-refractivity contribution is 5.88. The minimum atomic E-state index is -1.93. The Kier molecular flexibility index (Phi) is 9.41. The fourth-order valence-corrected chi connectivity index (χ4v) is 5.11. The van der Waals surface area contributed by atoms with Gasteiger partial charge in [0.25, 0.3) is 0 Å². The Morgan fingerprint density at radius 2 is 1.47 bits per heavy atom. The first kappa shape index (κ1) is 32.7. The number of aliphatic hydroxyl groups excluding tert-OH is 6. The molecule has 8 N–H and O–H groups in total. The highest BCUT2D eigenvalue weighted by atomic mass is 16.7. The van der Waals surface area contributed by atoms with E-state index in [2.05, 4.69) is 0 Å². The molecule has 2 fully saturated rings. The number of phenolic OH excluding ortho intramolecular Hbond substituents is 2. The molecule has 5 rings (SSSR count). The molecular formula is C29H34O16. The van der Waals surface area contributed by atoms with Gasteiger partial charge in [0.1, 0.15) is 65.2 Å². The number of fused-ring (bicyclic) bond motifs is 1. The van der Waals surface area contributed by atoms with Crippen molar-refractivity contribution in [2.24, 2.45) is 0 Å². The molecule has 0 unspecified atom stereocenters. The minimum Gasteiger partial charge on any atom is -0.507 e. The molecule has 0 bridgehead atoms. The SMILES string of the molecule is COc1cc(O)c2c(=O)c(O[C@@H]3O[C@@H](CO[C@@H]4O[C@@H](C)[C@H](O)[C@H](O)[C@H]4O)[C@H](O)[C@H](O)[C@@H]3O)c(-c3ccc(OC)c(O)c3)oc2c1. The van der Waals surface area contributed by atoms with Crippen LogP contribution in [0.3, 0.4) is 0 Å².